The quantitative estimate of drug-likeness (QED) is 0.796. The van der Waals surface area contributed by atoms with Crippen LogP contribution in [0.25, 0.3) is 11.1 Å². The molecule has 0 aliphatic heterocycles. The summed E-state index contributed by atoms with van der Waals surface area (Å²) in [5, 5.41) is 3.29. The molecule has 0 spiro atoms. The monoisotopic (exact) mass is 332 g/mol. The minimum Gasteiger partial charge on any atom is -0.462 e. The number of esters is 1. The Morgan fingerprint density at radius 2 is 1.96 bits per heavy atom. The molecule has 0 bridgehead atoms. The molecule has 1 aromatic carbocycles. The molecule has 122 valence electrons. The van der Waals surface area contributed by atoms with Crippen LogP contribution in [0.4, 0.5) is 5.00 Å². The number of rotatable bonds is 6. The van der Waals surface area contributed by atoms with Crippen LogP contribution in [0.3, 0.4) is 0 Å². The number of hydrogen-bond acceptors (Lipinski definition) is 5. The number of ether oxygens (including phenoxy) is 1. The van der Waals surface area contributed by atoms with Gasteiger partial charge in [0.2, 0.25) is 5.91 Å². The molecule has 0 unspecified atom stereocenters. The lowest BCUT2D eigenvalue weighted by Gasteiger charge is -2.09. The SMILES string of the molecule is CCOC(=O)c1c(NC(=O)CCN)sc(C)c1-c1ccccc1. The number of nitrogens with one attached hydrogen (secondary N) is 1. The summed E-state index contributed by atoms with van der Waals surface area (Å²) in [5.74, 6) is -0.641. The number of carbonyl (C=O) groups is 2. The van der Waals surface area contributed by atoms with E-state index in [4.69, 9.17) is 10.5 Å². The van der Waals surface area contributed by atoms with Crippen molar-refractivity contribution in [3.05, 3.63) is 40.8 Å². The molecule has 2 rings (SSSR count). The van der Waals surface area contributed by atoms with E-state index in [1.807, 2.05) is 37.3 Å². The van der Waals surface area contributed by atoms with Gasteiger partial charge in [0.1, 0.15) is 10.6 Å². The van der Waals surface area contributed by atoms with Crippen molar-refractivity contribution in [1.29, 1.82) is 0 Å². The van der Waals surface area contributed by atoms with Crippen LogP contribution in [0, 0.1) is 6.92 Å². The van der Waals surface area contributed by atoms with E-state index in [1.54, 1.807) is 6.92 Å². The minimum atomic E-state index is -0.432. The van der Waals surface area contributed by atoms with E-state index in [2.05, 4.69) is 5.32 Å². The molecule has 0 aliphatic rings. The predicted octanol–water partition coefficient (Wildman–Crippen LogP) is 3.19. The molecule has 23 heavy (non-hydrogen) atoms. The molecule has 0 aliphatic carbocycles. The zero-order valence-electron chi connectivity index (χ0n) is 13.2. The second-order valence-electron chi connectivity index (χ2n) is 4.91. The van der Waals surface area contributed by atoms with Crippen LogP contribution in [0.2, 0.25) is 0 Å². The third kappa shape index (κ3) is 3.97. The number of carbonyl (C=O) groups excluding carboxylic acids is 2. The Bertz CT molecular complexity index is 695. The Morgan fingerprint density at radius 1 is 1.26 bits per heavy atom. The summed E-state index contributed by atoms with van der Waals surface area (Å²) in [6, 6.07) is 9.60. The van der Waals surface area contributed by atoms with E-state index >= 15 is 0 Å². The van der Waals surface area contributed by atoms with Gasteiger partial charge in [0.25, 0.3) is 0 Å². The van der Waals surface area contributed by atoms with Gasteiger partial charge in [-0.2, -0.15) is 0 Å². The van der Waals surface area contributed by atoms with E-state index in [0.29, 0.717) is 10.6 Å². The van der Waals surface area contributed by atoms with Crippen molar-refractivity contribution in [2.24, 2.45) is 5.73 Å². The summed E-state index contributed by atoms with van der Waals surface area (Å²) in [5.41, 5.74) is 7.54. The molecule has 1 aromatic heterocycles. The number of benzene rings is 1. The topological polar surface area (TPSA) is 81.4 Å². The standard InChI is InChI=1S/C17H20N2O3S/c1-3-22-17(21)15-14(12-7-5-4-6-8-12)11(2)23-16(15)19-13(20)9-10-18/h4-8H,3,9-10,18H2,1-2H3,(H,19,20). The van der Waals surface area contributed by atoms with E-state index in [1.165, 1.54) is 11.3 Å². The first kappa shape index (κ1) is 17.2. The second kappa shape index (κ2) is 7.89. The van der Waals surface area contributed by atoms with Crippen molar-refractivity contribution in [3.63, 3.8) is 0 Å². The Kier molecular flexibility index (Phi) is 5.90. The average Bonchev–Trinajstić information content (AvgIpc) is 2.84. The molecule has 0 atom stereocenters. The van der Waals surface area contributed by atoms with Crippen molar-refractivity contribution < 1.29 is 14.3 Å². The lowest BCUT2D eigenvalue weighted by molar-refractivity contribution is -0.116. The molecular formula is C17H20N2O3S. The number of amides is 1. The third-order valence-electron chi connectivity index (χ3n) is 3.25. The molecule has 0 saturated carbocycles. The van der Waals surface area contributed by atoms with Crippen LogP contribution < -0.4 is 11.1 Å². The van der Waals surface area contributed by atoms with Crippen LogP contribution in [0.15, 0.2) is 30.3 Å². The summed E-state index contributed by atoms with van der Waals surface area (Å²) in [7, 11) is 0. The van der Waals surface area contributed by atoms with Crippen LogP contribution in [0.5, 0.6) is 0 Å². The smallest absolute Gasteiger partial charge is 0.341 e. The molecule has 0 saturated heterocycles. The van der Waals surface area contributed by atoms with Crippen LogP contribution in [-0.2, 0) is 9.53 Å². The summed E-state index contributed by atoms with van der Waals surface area (Å²) in [6.45, 7) is 4.22. The van der Waals surface area contributed by atoms with Crippen molar-refractivity contribution in [2.75, 3.05) is 18.5 Å². The van der Waals surface area contributed by atoms with Gasteiger partial charge in [-0.3, -0.25) is 4.79 Å². The average molecular weight is 332 g/mol. The molecule has 1 heterocycles. The normalized spacial score (nSPS) is 10.4. The van der Waals surface area contributed by atoms with Gasteiger partial charge in [-0.1, -0.05) is 30.3 Å². The lowest BCUT2D eigenvalue weighted by Crippen LogP contribution is -2.17. The van der Waals surface area contributed by atoms with E-state index < -0.39 is 5.97 Å². The Hall–Kier alpha value is -2.18. The molecule has 0 radical (unpaired) electrons. The maximum atomic E-state index is 12.4. The Labute approximate surface area is 139 Å². The summed E-state index contributed by atoms with van der Waals surface area (Å²) in [6.07, 6.45) is 0.208. The fraction of sp³-hybridized carbons (Fsp3) is 0.294. The highest BCUT2D eigenvalue weighted by atomic mass is 32.1. The largest absolute Gasteiger partial charge is 0.462 e. The fourth-order valence-electron chi connectivity index (χ4n) is 2.30. The summed E-state index contributed by atoms with van der Waals surface area (Å²) >= 11 is 1.37. The van der Waals surface area contributed by atoms with E-state index in [-0.39, 0.29) is 25.5 Å². The molecule has 5 nitrogen and oxygen atoms in total. The van der Waals surface area contributed by atoms with Gasteiger partial charge in [-0.15, -0.1) is 11.3 Å². The van der Waals surface area contributed by atoms with Gasteiger partial charge >= 0.3 is 5.97 Å². The van der Waals surface area contributed by atoms with Gasteiger partial charge in [-0.25, -0.2) is 4.79 Å². The van der Waals surface area contributed by atoms with Crippen molar-refractivity contribution in [1.82, 2.24) is 0 Å². The van der Waals surface area contributed by atoms with Crippen LogP contribution in [-0.4, -0.2) is 25.0 Å². The molecule has 2 aromatic rings. The van der Waals surface area contributed by atoms with E-state index in [0.717, 1.165) is 16.0 Å². The molecular weight excluding hydrogens is 312 g/mol. The number of aryl methyl sites for hydroxylation is 1. The highest BCUT2D eigenvalue weighted by Crippen LogP contribution is 2.40. The maximum Gasteiger partial charge on any atom is 0.341 e. The molecule has 6 heteroatoms. The lowest BCUT2D eigenvalue weighted by atomic mass is 10.0. The molecule has 3 N–H and O–H groups in total. The first-order valence-electron chi connectivity index (χ1n) is 7.44. The van der Waals surface area contributed by atoms with Gasteiger partial charge in [-0.05, 0) is 19.4 Å². The number of nitrogens with two attached hydrogens (primary N) is 1. The molecule has 1 amide bonds. The van der Waals surface area contributed by atoms with Gasteiger partial charge in [0.05, 0.1) is 6.61 Å². The Morgan fingerprint density at radius 3 is 2.57 bits per heavy atom. The fourth-order valence-corrected chi connectivity index (χ4v) is 3.38. The Balaban J connectivity index is 2.51. The summed E-state index contributed by atoms with van der Waals surface area (Å²) < 4.78 is 5.18. The van der Waals surface area contributed by atoms with Crippen molar-refractivity contribution in [2.45, 2.75) is 20.3 Å². The molecule has 0 fully saturated rings. The van der Waals surface area contributed by atoms with Crippen LogP contribution in [0.1, 0.15) is 28.6 Å². The van der Waals surface area contributed by atoms with Gasteiger partial charge in [0.15, 0.2) is 0 Å². The highest BCUT2D eigenvalue weighted by Gasteiger charge is 2.25. The minimum absolute atomic E-state index is 0.208. The van der Waals surface area contributed by atoms with Crippen molar-refractivity contribution >= 4 is 28.2 Å². The van der Waals surface area contributed by atoms with Gasteiger partial charge < -0.3 is 15.8 Å². The van der Waals surface area contributed by atoms with E-state index in [9.17, 15) is 9.59 Å². The zero-order valence-corrected chi connectivity index (χ0v) is 14.0. The highest BCUT2D eigenvalue weighted by molar-refractivity contribution is 7.17. The first-order chi connectivity index (χ1) is 11.1. The predicted molar refractivity (Wildman–Crippen MR) is 92.7 cm³/mol. The first-order valence-corrected chi connectivity index (χ1v) is 8.26. The zero-order chi connectivity index (χ0) is 16.8. The second-order valence-corrected chi connectivity index (χ2v) is 6.14. The third-order valence-corrected chi connectivity index (χ3v) is 4.27. The number of anilines is 1. The number of hydrogen-bond donors (Lipinski definition) is 2. The van der Waals surface area contributed by atoms with Crippen LogP contribution >= 0.6 is 11.3 Å². The van der Waals surface area contributed by atoms with Gasteiger partial charge in [0, 0.05) is 23.4 Å². The maximum absolute atomic E-state index is 12.4. The number of thiophene rings is 1. The summed E-state index contributed by atoms with van der Waals surface area (Å²) in [4.78, 5) is 25.2. The van der Waals surface area contributed by atoms with Crippen molar-refractivity contribution in [3.8, 4) is 11.1 Å².